The van der Waals surface area contributed by atoms with Gasteiger partial charge in [-0.25, -0.2) is 9.78 Å². The first-order valence-electron chi connectivity index (χ1n) is 8.98. The summed E-state index contributed by atoms with van der Waals surface area (Å²) in [5.74, 6) is 1.06. The molecule has 0 atom stereocenters. The van der Waals surface area contributed by atoms with E-state index in [1.54, 1.807) is 6.20 Å². The van der Waals surface area contributed by atoms with Crippen molar-refractivity contribution >= 4 is 22.8 Å². The van der Waals surface area contributed by atoms with Crippen molar-refractivity contribution in [2.75, 3.05) is 5.32 Å². The van der Waals surface area contributed by atoms with E-state index in [0.29, 0.717) is 6.54 Å². The van der Waals surface area contributed by atoms with E-state index >= 15 is 0 Å². The lowest BCUT2D eigenvalue weighted by molar-refractivity contribution is 0.251. The number of carbonyl (C=O) groups excluding carboxylic acids is 1. The number of nitrogens with zero attached hydrogens (tertiary/aromatic N) is 3. The fourth-order valence-electron chi connectivity index (χ4n) is 3.14. The summed E-state index contributed by atoms with van der Waals surface area (Å²) in [7, 11) is 0. The fourth-order valence-corrected chi connectivity index (χ4v) is 3.14. The lowest BCUT2D eigenvalue weighted by atomic mass is 10.1. The van der Waals surface area contributed by atoms with Crippen molar-refractivity contribution in [3.8, 4) is 0 Å². The summed E-state index contributed by atoms with van der Waals surface area (Å²) in [6.45, 7) is 9.52. The van der Waals surface area contributed by atoms with Crippen LogP contribution in [0.5, 0.6) is 0 Å². The predicted molar refractivity (Wildman–Crippen MR) is 104 cm³/mol. The van der Waals surface area contributed by atoms with Crippen molar-refractivity contribution in [2.45, 2.75) is 47.2 Å². The van der Waals surface area contributed by atoms with Gasteiger partial charge >= 0.3 is 6.03 Å². The molecule has 0 bridgehead atoms. The summed E-state index contributed by atoms with van der Waals surface area (Å²) in [4.78, 5) is 21.2. The van der Waals surface area contributed by atoms with Gasteiger partial charge in [0, 0.05) is 37.1 Å². The summed E-state index contributed by atoms with van der Waals surface area (Å²) in [6, 6.07) is 7.61. The number of hydrogen-bond acceptors (Lipinski definition) is 3. The number of fused-ring (bicyclic) bond motifs is 1. The van der Waals surface area contributed by atoms with E-state index in [1.165, 1.54) is 0 Å². The van der Waals surface area contributed by atoms with Crippen LogP contribution in [0.1, 0.15) is 36.5 Å². The van der Waals surface area contributed by atoms with Gasteiger partial charge in [-0.3, -0.25) is 4.98 Å². The van der Waals surface area contributed by atoms with Crippen LogP contribution in [0.3, 0.4) is 0 Å². The molecule has 26 heavy (non-hydrogen) atoms. The van der Waals surface area contributed by atoms with Gasteiger partial charge in [0.25, 0.3) is 0 Å². The second-order valence-electron chi connectivity index (χ2n) is 6.39. The van der Waals surface area contributed by atoms with Gasteiger partial charge in [-0.05, 0) is 56.2 Å². The van der Waals surface area contributed by atoms with Gasteiger partial charge in [0.1, 0.15) is 5.82 Å². The third-order valence-corrected chi connectivity index (χ3v) is 4.51. The van der Waals surface area contributed by atoms with E-state index in [-0.39, 0.29) is 6.03 Å². The van der Waals surface area contributed by atoms with Gasteiger partial charge in [-0.15, -0.1) is 0 Å². The van der Waals surface area contributed by atoms with Crippen molar-refractivity contribution in [1.82, 2.24) is 19.9 Å². The number of nitrogens with one attached hydrogen (secondary N) is 2. The molecular formula is C20H25N5O. The number of hydrogen-bond donors (Lipinski definition) is 2. The monoisotopic (exact) mass is 351 g/mol. The minimum atomic E-state index is -0.241. The Morgan fingerprint density at radius 2 is 2.00 bits per heavy atom. The quantitative estimate of drug-likeness (QED) is 0.731. The van der Waals surface area contributed by atoms with E-state index in [4.69, 9.17) is 0 Å². The summed E-state index contributed by atoms with van der Waals surface area (Å²) >= 11 is 0. The van der Waals surface area contributed by atoms with E-state index in [1.807, 2.05) is 38.1 Å². The SMILES string of the molecule is CCc1nc2cc(NC(=O)NCc3cnc(C)cc3C)ccc2n1CC. The van der Waals surface area contributed by atoms with Crippen LogP contribution >= 0.6 is 0 Å². The lowest BCUT2D eigenvalue weighted by Gasteiger charge is -2.10. The van der Waals surface area contributed by atoms with Crippen LogP contribution in [0.4, 0.5) is 10.5 Å². The van der Waals surface area contributed by atoms with Crippen molar-refractivity contribution in [1.29, 1.82) is 0 Å². The van der Waals surface area contributed by atoms with Crippen LogP contribution < -0.4 is 10.6 Å². The molecule has 0 aliphatic heterocycles. The number of pyridine rings is 1. The van der Waals surface area contributed by atoms with Crippen molar-refractivity contribution < 1.29 is 4.79 Å². The van der Waals surface area contributed by atoms with Crippen LogP contribution in [-0.2, 0) is 19.5 Å². The zero-order chi connectivity index (χ0) is 18.7. The van der Waals surface area contributed by atoms with Gasteiger partial charge in [-0.1, -0.05) is 6.92 Å². The molecule has 136 valence electrons. The van der Waals surface area contributed by atoms with Crippen LogP contribution in [-0.4, -0.2) is 20.6 Å². The highest BCUT2D eigenvalue weighted by Crippen LogP contribution is 2.21. The topological polar surface area (TPSA) is 71.8 Å². The molecule has 0 spiro atoms. The largest absolute Gasteiger partial charge is 0.334 e. The summed E-state index contributed by atoms with van der Waals surface area (Å²) in [6.07, 6.45) is 2.69. The first kappa shape index (κ1) is 17.9. The van der Waals surface area contributed by atoms with Gasteiger partial charge in [-0.2, -0.15) is 0 Å². The van der Waals surface area contributed by atoms with E-state index < -0.39 is 0 Å². The van der Waals surface area contributed by atoms with Crippen LogP contribution in [0.25, 0.3) is 11.0 Å². The lowest BCUT2D eigenvalue weighted by Crippen LogP contribution is -2.28. The Hall–Kier alpha value is -2.89. The maximum atomic E-state index is 12.2. The first-order chi connectivity index (χ1) is 12.5. The number of benzene rings is 1. The Labute approximate surface area is 153 Å². The summed E-state index contributed by atoms with van der Waals surface area (Å²) < 4.78 is 2.20. The average molecular weight is 351 g/mol. The standard InChI is InChI=1S/C20H25N5O/c1-5-19-24-17-10-16(7-8-18(17)25(19)6-2)23-20(26)22-12-15-11-21-14(4)9-13(15)3/h7-11H,5-6,12H2,1-4H3,(H2,22,23,26). The van der Waals surface area contributed by atoms with Crippen LogP contribution in [0.2, 0.25) is 0 Å². The second kappa shape index (κ2) is 7.56. The molecule has 3 aromatic rings. The normalized spacial score (nSPS) is 10.9. The Kier molecular flexibility index (Phi) is 5.21. The number of imidazole rings is 1. The van der Waals surface area contributed by atoms with Gasteiger partial charge in [0.2, 0.25) is 0 Å². The molecule has 6 nitrogen and oxygen atoms in total. The molecule has 0 saturated heterocycles. The van der Waals surface area contributed by atoms with Gasteiger partial charge in [0.15, 0.2) is 0 Å². The summed E-state index contributed by atoms with van der Waals surface area (Å²) in [5.41, 5.74) is 5.84. The predicted octanol–water partition coefficient (Wildman–Crippen LogP) is 3.95. The van der Waals surface area contributed by atoms with E-state index in [2.05, 4.69) is 39.0 Å². The number of aromatic nitrogens is 3. The van der Waals surface area contributed by atoms with Crippen molar-refractivity contribution in [2.24, 2.45) is 0 Å². The molecule has 2 N–H and O–H groups in total. The molecule has 0 saturated carbocycles. The molecular weight excluding hydrogens is 326 g/mol. The molecule has 2 aromatic heterocycles. The van der Waals surface area contributed by atoms with Gasteiger partial charge in [0.05, 0.1) is 11.0 Å². The third kappa shape index (κ3) is 3.69. The minimum Gasteiger partial charge on any atom is -0.334 e. The Bertz CT molecular complexity index is 945. The summed E-state index contributed by atoms with van der Waals surface area (Å²) in [5, 5.41) is 5.76. The Morgan fingerprint density at radius 3 is 2.69 bits per heavy atom. The zero-order valence-corrected chi connectivity index (χ0v) is 15.8. The second-order valence-corrected chi connectivity index (χ2v) is 6.39. The maximum absolute atomic E-state index is 12.2. The highest BCUT2D eigenvalue weighted by atomic mass is 16.2. The fraction of sp³-hybridized carbons (Fsp3) is 0.350. The smallest absolute Gasteiger partial charge is 0.319 e. The first-order valence-corrected chi connectivity index (χ1v) is 8.98. The molecule has 0 radical (unpaired) electrons. The molecule has 2 heterocycles. The Morgan fingerprint density at radius 1 is 1.19 bits per heavy atom. The molecule has 1 aromatic carbocycles. The maximum Gasteiger partial charge on any atom is 0.319 e. The molecule has 0 unspecified atom stereocenters. The molecule has 0 fully saturated rings. The molecule has 2 amide bonds. The highest BCUT2D eigenvalue weighted by Gasteiger charge is 2.10. The number of amides is 2. The number of urea groups is 1. The van der Waals surface area contributed by atoms with Crippen molar-refractivity contribution in [3.05, 3.63) is 53.1 Å². The molecule has 0 aliphatic rings. The van der Waals surface area contributed by atoms with E-state index in [9.17, 15) is 4.79 Å². The number of aryl methyl sites for hydroxylation is 4. The van der Waals surface area contributed by atoms with Crippen LogP contribution in [0.15, 0.2) is 30.5 Å². The molecule has 6 heteroatoms. The number of rotatable bonds is 5. The van der Waals surface area contributed by atoms with Crippen LogP contribution in [0, 0.1) is 13.8 Å². The molecule has 3 rings (SSSR count). The Balaban J connectivity index is 1.69. The van der Waals surface area contributed by atoms with E-state index in [0.717, 1.165) is 52.3 Å². The third-order valence-electron chi connectivity index (χ3n) is 4.51. The average Bonchev–Trinajstić information content (AvgIpc) is 2.97. The molecule has 0 aliphatic carbocycles. The minimum absolute atomic E-state index is 0.241. The van der Waals surface area contributed by atoms with Crippen molar-refractivity contribution in [3.63, 3.8) is 0 Å². The number of carbonyl (C=O) groups is 1. The zero-order valence-electron chi connectivity index (χ0n) is 15.8. The number of anilines is 1. The van der Waals surface area contributed by atoms with Gasteiger partial charge < -0.3 is 15.2 Å². The highest BCUT2D eigenvalue weighted by molar-refractivity contribution is 5.92.